The molecule has 0 aliphatic heterocycles. The minimum absolute atomic E-state index is 0.258. The van der Waals surface area contributed by atoms with Crippen LogP contribution in [0, 0.1) is 0 Å². The first-order valence-electron chi connectivity index (χ1n) is 6.52. The molecule has 0 spiro atoms. The highest BCUT2D eigenvalue weighted by molar-refractivity contribution is 6.04. The number of hydrogen-bond donors (Lipinski definition) is 1. The normalized spacial score (nSPS) is 15.7. The van der Waals surface area contributed by atoms with Crippen LogP contribution in [-0.2, 0) is 14.3 Å². The van der Waals surface area contributed by atoms with E-state index in [1.54, 1.807) is 32.4 Å². The standard InChI is InChI=1S/C17H20O4/c1-4-6-14(12-18)15(19)10-9-13-7-5-8-16(20-2)17(11-13)21-3/h4-5,7,9-12,18H,1,6,8H2,2-3H3/b10-9+,14-12-. The molecule has 1 aliphatic carbocycles. The molecule has 4 heteroatoms. The van der Waals surface area contributed by atoms with Crippen molar-refractivity contribution in [2.75, 3.05) is 14.2 Å². The van der Waals surface area contributed by atoms with Crippen molar-refractivity contribution in [3.05, 3.63) is 72.0 Å². The van der Waals surface area contributed by atoms with E-state index in [4.69, 9.17) is 14.6 Å². The van der Waals surface area contributed by atoms with Crippen molar-refractivity contribution >= 4 is 5.78 Å². The van der Waals surface area contributed by atoms with Crippen molar-refractivity contribution in [3.63, 3.8) is 0 Å². The van der Waals surface area contributed by atoms with E-state index in [9.17, 15) is 4.79 Å². The summed E-state index contributed by atoms with van der Waals surface area (Å²) in [6, 6.07) is 0. The lowest BCUT2D eigenvalue weighted by Gasteiger charge is -2.07. The number of carbonyl (C=O) groups is 1. The average Bonchev–Trinajstić information content (AvgIpc) is 2.71. The average molecular weight is 288 g/mol. The molecular formula is C17H20O4. The molecule has 4 nitrogen and oxygen atoms in total. The first kappa shape index (κ1) is 16.6. The molecule has 0 saturated heterocycles. The summed E-state index contributed by atoms with van der Waals surface area (Å²) in [7, 11) is 3.16. The Kier molecular flexibility index (Phi) is 6.81. The number of rotatable bonds is 7. The van der Waals surface area contributed by atoms with Crippen LogP contribution >= 0.6 is 0 Å². The van der Waals surface area contributed by atoms with Crippen LogP contribution in [0.5, 0.6) is 0 Å². The highest BCUT2D eigenvalue weighted by atomic mass is 16.5. The van der Waals surface area contributed by atoms with E-state index < -0.39 is 0 Å². The smallest absolute Gasteiger partial charge is 0.185 e. The lowest BCUT2D eigenvalue weighted by Crippen LogP contribution is -1.98. The molecule has 0 amide bonds. The van der Waals surface area contributed by atoms with Gasteiger partial charge in [0.2, 0.25) is 0 Å². The Morgan fingerprint density at radius 3 is 2.76 bits per heavy atom. The minimum atomic E-state index is -0.258. The van der Waals surface area contributed by atoms with Crippen LogP contribution < -0.4 is 0 Å². The molecule has 0 atom stereocenters. The lowest BCUT2D eigenvalue weighted by atomic mass is 10.1. The van der Waals surface area contributed by atoms with E-state index in [-0.39, 0.29) is 5.78 Å². The van der Waals surface area contributed by atoms with Gasteiger partial charge in [-0.3, -0.25) is 4.79 Å². The molecule has 0 aromatic heterocycles. The van der Waals surface area contributed by atoms with Gasteiger partial charge >= 0.3 is 0 Å². The fraction of sp³-hybridized carbons (Fsp3) is 0.235. The van der Waals surface area contributed by atoms with Crippen LogP contribution in [0.4, 0.5) is 0 Å². The minimum Gasteiger partial charge on any atom is -0.515 e. The van der Waals surface area contributed by atoms with Crippen LogP contribution in [0.2, 0.25) is 0 Å². The maximum atomic E-state index is 11.9. The Balaban J connectivity index is 2.93. The van der Waals surface area contributed by atoms with Crippen molar-refractivity contribution in [3.8, 4) is 0 Å². The highest BCUT2D eigenvalue weighted by Gasteiger charge is 2.09. The van der Waals surface area contributed by atoms with E-state index >= 15 is 0 Å². The van der Waals surface area contributed by atoms with Crippen molar-refractivity contribution in [1.82, 2.24) is 0 Å². The zero-order valence-corrected chi connectivity index (χ0v) is 12.3. The number of carbonyl (C=O) groups excluding carboxylic acids is 1. The molecule has 0 fully saturated rings. The van der Waals surface area contributed by atoms with Crippen LogP contribution in [-0.4, -0.2) is 25.1 Å². The molecule has 112 valence electrons. The number of aliphatic hydroxyl groups is 1. The molecule has 0 radical (unpaired) electrons. The Morgan fingerprint density at radius 2 is 2.19 bits per heavy atom. The molecule has 0 bridgehead atoms. The quantitative estimate of drug-likeness (QED) is 0.442. The monoisotopic (exact) mass is 288 g/mol. The number of allylic oxidation sites excluding steroid dienone is 8. The van der Waals surface area contributed by atoms with Gasteiger partial charge in [-0.25, -0.2) is 0 Å². The number of hydrogen-bond acceptors (Lipinski definition) is 4. The second kappa shape index (κ2) is 8.64. The highest BCUT2D eigenvalue weighted by Crippen LogP contribution is 2.20. The van der Waals surface area contributed by atoms with Crippen molar-refractivity contribution < 1.29 is 19.4 Å². The summed E-state index contributed by atoms with van der Waals surface area (Å²) >= 11 is 0. The molecular weight excluding hydrogens is 268 g/mol. The maximum absolute atomic E-state index is 11.9. The van der Waals surface area contributed by atoms with Crippen molar-refractivity contribution in [2.24, 2.45) is 0 Å². The maximum Gasteiger partial charge on any atom is 0.185 e. The fourth-order valence-electron chi connectivity index (χ4n) is 1.79. The Labute approximate surface area is 125 Å². The summed E-state index contributed by atoms with van der Waals surface area (Å²) in [4.78, 5) is 11.9. The summed E-state index contributed by atoms with van der Waals surface area (Å²) in [5, 5.41) is 9.02. The molecule has 0 saturated carbocycles. The molecule has 0 unspecified atom stereocenters. The summed E-state index contributed by atoms with van der Waals surface area (Å²) in [6.45, 7) is 3.54. The van der Waals surface area contributed by atoms with Gasteiger partial charge in [0, 0.05) is 12.0 Å². The summed E-state index contributed by atoms with van der Waals surface area (Å²) < 4.78 is 10.5. The van der Waals surface area contributed by atoms with Gasteiger partial charge in [0.05, 0.1) is 20.5 Å². The fourth-order valence-corrected chi connectivity index (χ4v) is 1.79. The van der Waals surface area contributed by atoms with Gasteiger partial charge in [0.15, 0.2) is 11.5 Å². The second-order valence-electron chi connectivity index (χ2n) is 4.29. The Bertz CT molecular complexity index is 545. The number of ketones is 1. The number of aliphatic hydroxyl groups excluding tert-OH is 1. The van der Waals surface area contributed by atoms with Gasteiger partial charge < -0.3 is 14.6 Å². The Hall–Kier alpha value is -2.49. The molecule has 0 aromatic carbocycles. The third-order valence-corrected chi connectivity index (χ3v) is 2.92. The molecule has 0 aromatic rings. The van der Waals surface area contributed by atoms with Crippen molar-refractivity contribution in [1.29, 1.82) is 0 Å². The van der Waals surface area contributed by atoms with Crippen molar-refractivity contribution in [2.45, 2.75) is 12.8 Å². The first-order chi connectivity index (χ1) is 10.2. The largest absolute Gasteiger partial charge is 0.515 e. The molecule has 1 rings (SSSR count). The lowest BCUT2D eigenvalue weighted by molar-refractivity contribution is -0.111. The van der Waals surface area contributed by atoms with E-state index in [1.807, 2.05) is 12.2 Å². The third-order valence-electron chi connectivity index (χ3n) is 2.92. The summed E-state index contributed by atoms with van der Waals surface area (Å²) in [5.41, 5.74) is 1.10. The first-order valence-corrected chi connectivity index (χ1v) is 6.52. The molecule has 1 N–H and O–H groups in total. The van der Waals surface area contributed by atoms with Gasteiger partial charge in [0.1, 0.15) is 5.76 Å². The predicted octanol–water partition coefficient (Wildman–Crippen LogP) is 3.52. The zero-order chi connectivity index (χ0) is 15.7. The summed E-state index contributed by atoms with van der Waals surface area (Å²) in [6.07, 6.45) is 12.0. The van der Waals surface area contributed by atoms with Gasteiger partial charge in [0.25, 0.3) is 0 Å². The van der Waals surface area contributed by atoms with E-state index in [2.05, 4.69) is 6.58 Å². The SMILES string of the molecule is C=CC/C(=C/O)C(=O)/C=C/C1=CC(OC)=C(OC)CC=C1. The van der Waals surface area contributed by atoms with Crippen LogP contribution in [0.15, 0.2) is 72.0 Å². The number of ether oxygens (including phenoxy) is 2. The molecule has 1 aliphatic rings. The van der Waals surface area contributed by atoms with E-state index in [0.717, 1.165) is 17.6 Å². The summed E-state index contributed by atoms with van der Waals surface area (Å²) in [5.74, 6) is 1.09. The van der Waals surface area contributed by atoms with Crippen LogP contribution in [0.25, 0.3) is 0 Å². The van der Waals surface area contributed by atoms with E-state index in [1.165, 1.54) is 6.08 Å². The van der Waals surface area contributed by atoms with Gasteiger partial charge in [-0.2, -0.15) is 0 Å². The second-order valence-corrected chi connectivity index (χ2v) is 4.29. The Morgan fingerprint density at radius 1 is 1.43 bits per heavy atom. The van der Waals surface area contributed by atoms with Crippen LogP contribution in [0.3, 0.4) is 0 Å². The van der Waals surface area contributed by atoms with Gasteiger partial charge in [-0.15, -0.1) is 6.58 Å². The third kappa shape index (κ3) is 4.84. The number of methoxy groups -OCH3 is 2. The van der Waals surface area contributed by atoms with Gasteiger partial charge in [-0.05, 0) is 24.1 Å². The predicted molar refractivity (Wildman–Crippen MR) is 82.6 cm³/mol. The van der Waals surface area contributed by atoms with E-state index in [0.29, 0.717) is 24.2 Å². The topological polar surface area (TPSA) is 55.8 Å². The molecule has 21 heavy (non-hydrogen) atoms. The molecule has 0 heterocycles. The zero-order valence-electron chi connectivity index (χ0n) is 12.3. The van der Waals surface area contributed by atoms with Gasteiger partial charge in [-0.1, -0.05) is 24.3 Å². The van der Waals surface area contributed by atoms with Crippen LogP contribution in [0.1, 0.15) is 12.8 Å².